The molecule has 0 aromatic heterocycles. The van der Waals surface area contributed by atoms with Gasteiger partial charge in [-0.1, -0.05) is 6.07 Å². The number of carboxylic acids is 1. The molecule has 0 aliphatic carbocycles. The zero-order valence-corrected chi connectivity index (χ0v) is 10.9. The van der Waals surface area contributed by atoms with Crippen LogP contribution in [0.25, 0.3) is 0 Å². The molecule has 106 valence electrons. The van der Waals surface area contributed by atoms with Crippen LogP contribution in [0.5, 0.6) is 5.75 Å². The first-order valence-corrected chi connectivity index (χ1v) is 5.54. The number of hydrazine groups is 1. The van der Waals surface area contributed by atoms with E-state index in [2.05, 4.69) is 16.6 Å². The second-order valence-electron chi connectivity index (χ2n) is 3.68. The molecule has 0 saturated heterocycles. The number of carbonyl (C=O) groups excluding carboxylic acids is 1. The molecule has 1 rings (SSSR count). The van der Waals surface area contributed by atoms with Crippen LogP contribution >= 0.6 is 0 Å². The van der Waals surface area contributed by atoms with Crippen LogP contribution in [0.4, 0.5) is 0 Å². The van der Waals surface area contributed by atoms with Gasteiger partial charge in [0.05, 0.1) is 5.56 Å². The van der Waals surface area contributed by atoms with Crippen LogP contribution in [0.2, 0.25) is 0 Å². The smallest absolute Gasteiger partial charge is 0.321 e. The van der Waals surface area contributed by atoms with Gasteiger partial charge in [0, 0.05) is 0 Å². The fourth-order valence-corrected chi connectivity index (χ4v) is 1.37. The molecule has 0 amide bonds. The molecular weight excluding hydrogens is 250 g/mol. The molecule has 19 heavy (non-hydrogen) atoms. The van der Waals surface area contributed by atoms with Gasteiger partial charge in [0.1, 0.15) is 11.8 Å². The van der Waals surface area contributed by atoms with E-state index >= 15 is 0 Å². The summed E-state index contributed by atoms with van der Waals surface area (Å²) < 4.78 is 0. The minimum atomic E-state index is -0.955. The van der Waals surface area contributed by atoms with Gasteiger partial charge in [-0.15, -0.1) is 0 Å². The van der Waals surface area contributed by atoms with Crippen LogP contribution in [-0.2, 0) is 11.2 Å². The van der Waals surface area contributed by atoms with Crippen molar-refractivity contribution in [3.05, 3.63) is 29.3 Å². The monoisotopic (exact) mass is 269 g/mol. The molecule has 0 saturated carbocycles. The quantitative estimate of drug-likeness (QED) is 0.277. The SMILES string of the molecule is CNC(Cc1ccc(O)c(C=O)c1)C(=O)O.CNN. The van der Waals surface area contributed by atoms with Gasteiger partial charge in [0.15, 0.2) is 6.29 Å². The number of carbonyl (C=O) groups is 2. The molecule has 1 aromatic rings. The lowest BCUT2D eigenvalue weighted by molar-refractivity contribution is -0.139. The number of nitrogens with one attached hydrogen (secondary N) is 2. The normalized spacial score (nSPS) is 11.1. The maximum absolute atomic E-state index is 10.8. The number of likely N-dealkylation sites (N-methyl/N-ethyl adjacent to an activating group) is 1. The average Bonchev–Trinajstić information content (AvgIpc) is 2.38. The first kappa shape index (κ1) is 17.0. The molecule has 0 aliphatic rings. The van der Waals surface area contributed by atoms with E-state index in [4.69, 9.17) is 5.11 Å². The van der Waals surface area contributed by atoms with Gasteiger partial charge in [0.2, 0.25) is 0 Å². The van der Waals surface area contributed by atoms with Crippen molar-refractivity contribution in [2.75, 3.05) is 14.1 Å². The summed E-state index contributed by atoms with van der Waals surface area (Å²) in [5.74, 6) is 3.54. The van der Waals surface area contributed by atoms with Crippen molar-refractivity contribution < 1.29 is 19.8 Å². The van der Waals surface area contributed by atoms with Gasteiger partial charge in [-0.3, -0.25) is 20.9 Å². The lowest BCUT2D eigenvalue weighted by atomic mass is 10.0. The van der Waals surface area contributed by atoms with Gasteiger partial charge >= 0.3 is 5.97 Å². The summed E-state index contributed by atoms with van der Waals surface area (Å²) in [6.45, 7) is 0. The molecule has 7 heteroatoms. The Morgan fingerprint density at radius 3 is 2.47 bits per heavy atom. The van der Waals surface area contributed by atoms with Crippen molar-refractivity contribution in [1.29, 1.82) is 0 Å². The number of aromatic hydroxyl groups is 1. The Bertz CT molecular complexity index is 423. The second-order valence-corrected chi connectivity index (χ2v) is 3.68. The predicted octanol–water partition coefficient (Wildman–Crippen LogP) is -0.501. The largest absolute Gasteiger partial charge is 0.507 e. The van der Waals surface area contributed by atoms with Crippen molar-refractivity contribution in [2.24, 2.45) is 5.84 Å². The summed E-state index contributed by atoms with van der Waals surface area (Å²) in [5, 5.41) is 20.8. The zero-order valence-electron chi connectivity index (χ0n) is 10.9. The van der Waals surface area contributed by atoms with E-state index in [0.717, 1.165) is 0 Å². The Morgan fingerprint density at radius 2 is 2.05 bits per heavy atom. The predicted molar refractivity (Wildman–Crippen MR) is 70.9 cm³/mol. The second kappa shape index (κ2) is 9.03. The maximum atomic E-state index is 10.8. The van der Waals surface area contributed by atoms with Crippen molar-refractivity contribution in [3.8, 4) is 5.75 Å². The molecule has 0 spiro atoms. The van der Waals surface area contributed by atoms with Crippen LogP contribution in [-0.4, -0.2) is 42.6 Å². The molecule has 0 radical (unpaired) electrons. The molecule has 1 unspecified atom stereocenters. The molecule has 0 aliphatic heterocycles. The summed E-state index contributed by atoms with van der Waals surface area (Å²) in [6.07, 6.45) is 0.793. The van der Waals surface area contributed by atoms with Crippen LogP contribution < -0.4 is 16.6 Å². The minimum Gasteiger partial charge on any atom is -0.507 e. The van der Waals surface area contributed by atoms with E-state index in [1.54, 1.807) is 20.2 Å². The van der Waals surface area contributed by atoms with Gasteiger partial charge in [-0.2, -0.15) is 0 Å². The Labute approximate surface area is 111 Å². The Kier molecular flexibility index (Phi) is 8.10. The zero-order chi connectivity index (χ0) is 14.8. The number of rotatable bonds is 5. The van der Waals surface area contributed by atoms with Crippen molar-refractivity contribution in [3.63, 3.8) is 0 Å². The highest BCUT2D eigenvalue weighted by Crippen LogP contribution is 2.17. The van der Waals surface area contributed by atoms with Gasteiger partial charge in [0.25, 0.3) is 0 Å². The van der Waals surface area contributed by atoms with Gasteiger partial charge < -0.3 is 15.5 Å². The van der Waals surface area contributed by atoms with E-state index in [-0.39, 0.29) is 17.7 Å². The van der Waals surface area contributed by atoms with E-state index in [9.17, 15) is 14.7 Å². The van der Waals surface area contributed by atoms with Crippen LogP contribution in [0.15, 0.2) is 18.2 Å². The summed E-state index contributed by atoms with van der Waals surface area (Å²) in [6, 6.07) is 3.75. The molecule has 0 bridgehead atoms. The molecule has 1 aromatic carbocycles. The van der Waals surface area contributed by atoms with Crippen molar-refractivity contribution in [2.45, 2.75) is 12.5 Å². The maximum Gasteiger partial charge on any atom is 0.321 e. The van der Waals surface area contributed by atoms with Crippen LogP contribution in [0, 0.1) is 0 Å². The van der Waals surface area contributed by atoms with E-state index in [1.165, 1.54) is 12.1 Å². The molecule has 1 atom stereocenters. The number of aliphatic carboxylic acids is 1. The number of carboxylic acid groups (broad SMARTS) is 1. The highest BCUT2D eigenvalue weighted by atomic mass is 16.4. The molecular formula is C12H19N3O4. The standard InChI is InChI=1S/C11H13NO4.CH6N2/c1-12-9(11(15)16)5-7-2-3-10(14)8(4-7)6-13;1-3-2/h2-4,6,9,12,14H,5H2,1H3,(H,15,16);3H,2H2,1H3. The summed E-state index contributed by atoms with van der Waals surface area (Å²) in [7, 11) is 3.21. The number of aldehydes is 1. The summed E-state index contributed by atoms with van der Waals surface area (Å²) in [4.78, 5) is 21.4. The first-order chi connectivity index (χ1) is 8.99. The fourth-order valence-electron chi connectivity index (χ4n) is 1.37. The van der Waals surface area contributed by atoms with E-state index < -0.39 is 12.0 Å². The highest BCUT2D eigenvalue weighted by molar-refractivity contribution is 5.79. The third-order valence-electron chi connectivity index (χ3n) is 2.31. The average molecular weight is 269 g/mol. The van der Waals surface area contributed by atoms with Crippen molar-refractivity contribution in [1.82, 2.24) is 10.7 Å². The molecule has 7 nitrogen and oxygen atoms in total. The summed E-state index contributed by atoms with van der Waals surface area (Å²) in [5.41, 5.74) is 3.10. The summed E-state index contributed by atoms with van der Waals surface area (Å²) >= 11 is 0. The molecule has 0 heterocycles. The fraction of sp³-hybridized carbons (Fsp3) is 0.333. The highest BCUT2D eigenvalue weighted by Gasteiger charge is 2.15. The van der Waals surface area contributed by atoms with E-state index in [0.29, 0.717) is 11.8 Å². The number of nitrogens with two attached hydrogens (primary N) is 1. The number of benzene rings is 1. The van der Waals surface area contributed by atoms with Gasteiger partial charge in [-0.05, 0) is 38.2 Å². The third kappa shape index (κ3) is 5.96. The lowest BCUT2D eigenvalue weighted by Gasteiger charge is -2.11. The lowest BCUT2D eigenvalue weighted by Crippen LogP contribution is -2.35. The Morgan fingerprint density at radius 1 is 1.47 bits per heavy atom. The number of phenols is 1. The van der Waals surface area contributed by atoms with Gasteiger partial charge in [-0.25, -0.2) is 0 Å². The molecule has 0 fully saturated rings. The first-order valence-electron chi connectivity index (χ1n) is 5.54. The van der Waals surface area contributed by atoms with E-state index in [1.807, 2.05) is 0 Å². The number of hydrogen-bond acceptors (Lipinski definition) is 6. The van der Waals surface area contributed by atoms with Crippen LogP contribution in [0.3, 0.4) is 0 Å². The van der Waals surface area contributed by atoms with Crippen molar-refractivity contribution >= 4 is 12.3 Å². The number of phenolic OH excluding ortho intramolecular Hbond substituents is 1. The molecule has 6 N–H and O–H groups in total. The topological polar surface area (TPSA) is 125 Å². The Hall–Kier alpha value is -1.96. The Balaban J connectivity index is 0.000000982. The minimum absolute atomic E-state index is 0.102. The van der Waals surface area contributed by atoms with Crippen LogP contribution in [0.1, 0.15) is 15.9 Å². The number of hydrogen-bond donors (Lipinski definition) is 5. The third-order valence-corrected chi connectivity index (χ3v) is 2.31.